The normalized spacial score (nSPS) is 11.1. The summed E-state index contributed by atoms with van der Waals surface area (Å²) in [5.74, 6) is 0.660. The van der Waals surface area contributed by atoms with Crippen molar-refractivity contribution in [3.05, 3.63) is 70.7 Å². The average molecular weight is 392 g/mol. The molecule has 0 fully saturated rings. The second-order valence-corrected chi connectivity index (χ2v) is 6.75. The van der Waals surface area contributed by atoms with E-state index < -0.39 is 0 Å². The summed E-state index contributed by atoms with van der Waals surface area (Å²) < 4.78 is 11.8. The van der Waals surface area contributed by atoms with Crippen molar-refractivity contribution < 1.29 is 13.7 Å². The van der Waals surface area contributed by atoms with Gasteiger partial charge in [0.2, 0.25) is 5.91 Å². The summed E-state index contributed by atoms with van der Waals surface area (Å²) in [6.07, 6.45) is 3.80. The Labute approximate surface area is 166 Å². The number of carbonyl (C=O) groups excluding carboxylic acids is 1. The lowest BCUT2D eigenvalue weighted by Gasteiger charge is -2.06. The molecule has 0 radical (unpaired) electrons. The van der Waals surface area contributed by atoms with E-state index in [9.17, 15) is 9.59 Å². The number of nitrogens with zero attached hydrogens (tertiary/aromatic N) is 3. The summed E-state index contributed by atoms with van der Waals surface area (Å²) in [6.45, 7) is 2.67. The molecule has 0 unspecified atom stereocenters. The van der Waals surface area contributed by atoms with Crippen LogP contribution in [0.5, 0.6) is 0 Å². The Bertz CT molecular complexity index is 1170. The minimum atomic E-state index is -0.357. The van der Waals surface area contributed by atoms with Crippen molar-refractivity contribution in [1.82, 2.24) is 20.0 Å². The molecular weight excluding hydrogens is 372 g/mol. The molecule has 0 atom stereocenters. The van der Waals surface area contributed by atoms with Gasteiger partial charge in [-0.15, -0.1) is 0 Å². The van der Waals surface area contributed by atoms with Crippen molar-refractivity contribution in [1.29, 1.82) is 0 Å². The molecule has 0 aliphatic rings. The fraction of sp³-hybridized carbons (Fsp3) is 0.238. The first-order valence-corrected chi connectivity index (χ1v) is 9.33. The molecule has 0 bridgehead atoms. The van der Waals surface area contributed by atoms with Crippen LogP contribution in [-0.2, 0) is 17.8 Å². The van der Waals surface area contributed by atoms with Crippen LogP contribution in [0.3, 0.4) is 0 Å². The number of furan rings is 1. The number of carbonyl (C=O) groups is 1. The number of aryl methyl sites for hydroxylation is 2. The molecule has 1 amide bonds. The van der Waals surface area contributed by atoms with Gasteiger partial charge < -0.3 is 14.3 Å². The number of amides is 1. The molecule has 0 saturated heterocycles. The highest BCUT2D eigenvalue weighted by Crippen LogP contribution is 2.24. The fourth-order valence-electron chi connectivity index (χ4n) is 3.01. The lowest BCUT2D eigenvalue weighted by Crippen LogP contribution is -2.28. The molecular formula is C21H20N4O4. The maximum absolute atomic E-state index is 12.7. The van der Waals surface area contributed by atoms with E-state index in [1.54, 1.807) is 12.3 Å². The van der Waals surface area contributed by atoms with Crippen molar-refractivity contribution >= 4 is 17.0 Å². The van der Waals surface area contributed by atoms with Gasteiger partial charge in [0.1, 0.15) is 17.0 Å². The molecule has 8 heteroatoms. The van der Waals surface area contributed by atoms with Crippen LogP contribution in [0.15, 0.2) is 62.7 Å². The largest absolute Gasteiger partial charge is 0.469 e. The number of fused-ring (bicyclic) bond motifs is 1. The minimum absolute atomic E-state index is 0.0845. The number of benzene rings is 1. The van der Waals surface area contributed by atoms with Gasteiger partial charge in [-0.1, -0.05) is 35.0 Å². The Balaban J connectivity index is 1.42. The summed E-state index contributed by atoms with van der Waals surface area (Å²) in [5, 5.41) is 6.83. The number of aromatic nitrogens is 3. The third-order valence-corrected chi connectivity index (χ3v) is 4.63. The zero-order valence-corrected chi connectivity index (χ0v) is 15.9. The number of nitrogens with one attached hydrogen (secondary N) is 1. The Kier molecular flexibility index (Phi) is 5.24. The first-order valence-electron chi connectivity index (χ1n) is 9.33. The van der Waals surface area contributed by atoms with E-state index in [0.717, 1.165) is 16.9 Å². The van der Waals surface area contributed by atoms with E-state index in [2.05, 4.69) is 15.5 Å². The highest BCUT2D eigenvalue weighted by molar-refractivity contribution is 5.87. The summed E-state index contributed by atoms with van der Waals surface area (Å²) >= 11 is 0. The minimum Gasteiger partial charge on any atom is -0.469 e. The molecule has 4 rings (SSSR count). The highest BCUT2D eigenvalue weighted by atomic mass is 16.5. The van der Waals surface area contributed by atoms with Crippen LogP contribution in [0, 0.1) is 6.92 Å². The van der Waals surface area contributed by atoms with E-state index in [1.165, 1.54) is 10.9 Å². The van der Waals surface area contributed by atoms with Gasteiger partial charge in [0.15, 0.2) is 0 Å². The topological polar surface area (TPSA) is 103 Å². The van der Waals surface area contributed by atoms with Crippen molar-refractivity contribution in [3.8, 4) is 11.3 Å². The molecule has 8 nitrogen and oxygen atoms in total. The predicted octanol–water partition coefficient (Wildman–Crippen LogP) is 2.70. The van der Waals surface area contributed by atoms with E-state index in [1.807, 2.05) is 37.3 Å². The van der Waals surface area contributed by atoms with Gasteiger partial charge in [-0.2, -0.15) is 0 Å². The van der Waals surface area contributed by atoms with Gasteiger partial charge in [0, 0.05) is 31.5 Å². The van der Waals surface area contributed by atoms with Crippen LogP contribution in [0.1, 0.15) is 17.7 Å². The maximum atomic E-state index is 12.7. The molecule has 0 spiro atoms. The first kappa shape index (κ1) is 18.7. The van der Waals surface area contributed by atoms with Gasteiger partial charge >= 0.3 is 0 Å². The van der Waals surface area contributed by atoms with Gasteiger partial charge in [-0.3, -0.25) is 14.2 Å². The van der Waals surface area contributed by atoms with E-state index in [-0.39, 0.29) is 30.0 Å². The zero-order valence-electron chi connectivity index (χ0n) is 15.9. The summed E-state index contributed by atoms with van der Waals surface area (Å²) in [7, 11) is 0. The zero-order chi connectivity index (χ0) is 20.2. The Morgan fingerprint density at radius 3 is 2.79 bits per heavy atom. The van der Waals surface area contributed by atoms with Crippen LogP contribution in [-0.4, -0.2) is 27.2 Å². The summed E-state index contributed by atoms with van der Waals surface area (Å²) in [4.78, 5) is 29.0. The van der Waals surface area contributed by atoms with E-state index in [0.29, 0.717) is 24.2 Å². The van der Waals surface area contributed by atoms with Crippen LogP contribution in [0.25, 0.3) is 22.4 Å². The molecule has 29 heavy (non-hydrogen) atoms. The summed E-state index contributed by atoms with van der Waals surface area (Å²) in [5.41, 5.74) is 2.62. The predicted molar refractivity (Wildman–Crippen MR) is 106 cm³/mol. The molecule has 0 saturated carbocycles. The van der Waals surface area contributed by atoms with E-state index in [4.69, 9.17) is 8.94 Å². The lowest BCUT2D eigenvalue weighted by molar-refractivity contribution is -0.121. The fourth-order valence-corrected chi connectivity index (χ4v) is 3.01. The SMILES string of the molecule is Cc1ccc(-c2noc3c(=O)n(CCC(=O)NCCc4ccco4)cnc23)cc1. The van der Waals surface area contributed by atoms with Crippen molar-refractivity contribution in [2.75, 3.05) is 6.54 Å². The first-order chi connectivity index (χ1) is 14.1. The molecule has 148 valence electrons. The van der Waals surface area contributed by atoms with Crippen molar-refractivity contribution in [2.45, 2.75) is 26.3 Å². The van der Waals surface area contributed by atoms with Gasteiger partial charge in [0.05, 0.1) is 12.6 Å². The molecule has 0 aliphatic carbocycles. The molecule has 3 heterocycles. The Morgan fingerprint density at radius 1 is 1.21 bits per heavy atom. The smallest absolute Gasteiger partial charge is 0.299 e. The Hall–Kier alpha value is -3.68. The standard InChI is InChI=1S/C21H20N4O4/c1-14-4-6-15(7-5-14)18-19-20(29-24-18)21(27)25(13-23-19)11-9-17(26)22-10-8-16-3-2-12-28-16/h2-7,12-13H,8-11H2,1H3,(H,22,26). The number of rotatable bonds is 7. The van der Waals surface area contributed by atoms with Crippen LogP contribution in [0.2, 0.25) is 0 Å². The second kappa shape index (κ2) is 8.14. The quantitative estimate of drug-likeness (QED) is 0.519. The highest BCUT2D eigenvalue weighted by Gasteiger charge is 2.16. The lowest BCUT2D eigenvalue weighted by atomic mass is 10.1. The third kappa shape index (κ3) is 4.11. The van der Waals surface area contributed by atoms with Crippen LogP contribution >= 0.6 is 0 Å². The molecule has 0 aliphatic heterocycles. The maximum Gasteiger partial charge on any atom is 0.299 e. The van der Waals surface area contributed by atoms with Gasteiger partial charge in [-0.25, -0.2) is 4.98 Å². The molecule has 4 aromatic rings. The van der Waals surface area contributed by atoms with Crippen molar-refractivity contribution in [3.63, 3.8) is 0 Å². The third-order valence-electron chi connectivity index (χ3n) is 4.63. The van der Waals surface area contributed by atoms with Crippen LogP contribution in [0.4, 0.5) is 0 Å². The average Bonchev–Trinajstić information content (AvgIpc) is 3.38. The van der Waals surface area contributed by atoms with Gasteiger partial charge in [0.25, 0.3) is 11.1 Å². The van der Waals surface area contributed by atoms with E-state index >= 15 is 0 Å². The van der Waals surface area contributed by atoms with Crippen LogP contribution < -0.4 is 10.9 Å². The molecule has 1 aromatic carbocycles. The second-order valence-electron chi connectivity index (χ2n) is 6.75. The monoisotopic (exact) mass is 392 g/mol. The summed E-state index contributed by atoms with van der Waals surface area (Å²) in [6, 6.07) is 11.4. The number of hydrogen-bond donors (Lipinski definition) is 1. The van der Waals surface area contributed by atoms with Gasteiger partial charge in [-0.05, 0) is 19.1 Å². The number of hydrogen-bond acceptors (Lipinski definition) is 6. The molecule has 1 N–H and O–H groups in total. The Morgan fingerprint density at radius 2 is 2.03 bits per heavy atom. The van der Waals surface area contributed by atoms with Crippen molar-refractivity contribution in [2.24, 2.45) is 0 Å². The molecule has 3 aromatic heterocycles.